The number of hydrogen-bond donors (Lipinski definition) is 2. The van der Waals surface area contributed by atoms with Crippen LogP contribution in [0.1, 0.15) is 29.8 Å². The highest BCUT2D eigenvalue weighted by Gasteiger charge is 2.21. The van der Waals surface area contributed by atoms with Crippen LogP contribution >= 0.6 is 33.9 Å². The van der Waals surface area contributed by atoms with Gasteiger partial charge in [-0.05, 0) is 49.4 Å². The molecule has 1 amide bonds. The lowest BCUT2D eigenvalue weighted by Crippen LogP contribution is -2.21. The molecule has 0 radical (unpaired) electrons. The summed E-state index contributed by atoms with van der Waals surface area (Å²) in [5, 5.41) is 8.11. The highest BCUT2D eigenvalue weighted by Crippen LogP contribution is 2.39. The van der Waals surface area contributed by atoms with Crippen LogP contribution in [0.2, 0.25) is 0 Å². The van der Waals surface area contributed by atoms with E-state index in [1.165, 1.54) is 17.7 Å². The summed E-state index contributed by atoms with van der Waals surface area (Å²) in [6.45, 7) is 7.93. The van der Waals surface area contributed by atoms with Gasteiger partial charge in [-0.25, -0.2) is 15.0 Å². The number of carbonyl (C=O) groups excluding carboxylic acids is 1. The molecule has 36 heavy (non-hydrogen) atoms. The number of ether oxygens (including phenoxy) is 2. The average Bonchev–Trinajstić information content (AvgIpc) is 3.33. The molecule has 1 aromatic carbocycles. The lowest BCUT2D eigenvalue weighted by Gasteiger charge is -2.21. The molecule has 188 valence electrons. The van der Waals surface area contributed by atoms with Gasteiger partial charge in [-0.1, -0.05) is 0 Å². The third kappa shape index (κ3) is 5.03. The minimum absolute atomic E-state index is 0.274. The third-order valence-electron chi connectivity index (χ3n) is 5.84. The van der Waals surface area contributed by atoms with E-state index in [0.29, 0.717) is 39.9 Å². The fourth-order valence-electron chi connectivity index (χ4n) is 3.89. The fourth-order valence-corrected chi connectivity index (χ4v) is 5.75. The zero-order valence-corrected chi connectivity index (χ0v) is 23.7. The molecule has 0 aliphatic rings. The molecule has 0 saturated heterocycles. The van der Waals surface area contributed by atoms with E-state index in [4.69, 9.17) is 9.47 Å². The first-order chi connectivity index (χ1) is 17.4. The molecule has 4 aromatic rings. The van der Waals surface area contributed by atoms with Gasteiger partial charge in [0.05, 0.1) is 39.3 Å². The maximum atomic E-state index is 13.4. The monoisotopic (exact) mass is 618 g/mol. The van der Waals surface area contributed by atoms with Gasteiger partial charge in [0.15, 0.2) is 5.82 Å². The number of carbonyl (C=O) groups is 1. The Kier molecular flexibility index (Phi) is 8.09. The Bertz CT molecular complexity index is 1380. The number of hydrogen-bond acceptors (Lipinski definition) is 9. The van der Waals surface area contributed by atoms with Crippen molar-refractivity contribution in [3.05, 3.63) is 50.8 Å². The number of nitrogens with one attached hydrogen (secondary N) is 2. The van der Waals surface area contributed by atoms with Crippen molar-refractivity contribution in [1.82, 2.24) is 15.0 Å². The van der Waals surface area contributed by atoms with Crippen LogP contribution in [-0.4, -0.2) is 48.2 Å². The van der Waals surface area contributed by atoms with E-state index >= 15 is 0 Å². The van der Waals surface area contributed by atoms with Gasteiger partial charge in [0.1, 0.15) is 23.6 Å². The van der Waals surface area contributed by atoms with Crippen LogP contribution in [0.25, 0.3) is 10.2 Å². The molecule has 11 heteroatoms. The Hall–Kier alpha value is -3.19. The van der Waals surface area contributed by atoms with E-state index < -0.39 is 0 Å². The topological polar surface area (TPSA) is 102 Å². The summed E-state index contributed by atoms with van der Waals surface area (Å²) in [4.78, 5) is 28.9. The van der Waals surface area contributed by atoms with E-state index in [-0.39, 0.29) is 5.91 Å². The molecular formula is C25H27IN6O3S. The third-order valence-corrected chi connectivity index (χ3v) is 7.88. The first-order valence-electron chi connectivity index (χ1n) is 11.3. The molecule has 0 bridgehead atoms. The molecule has 0 fully saturated rings. The Balaban J connectivity index is 1.65. The number of thiophene rings is 1. The number of aromatic nitrogens is 3. The minimum Gasteiger partial charge on any atom is -0.496 e. The molecule has 9 nitrogen and oxygen atoms in total. The summed E-state index contributed by atoms with van der Waals surface area (Å²) in [6.07, 6.45) is 3.22. The number of rotatable bonds is 9. The predicted octanol–water partition coefficient (Wildman–Crippen LogP) is 5.86. The second kappa shape index (κ2) is 11.2. The standard InChI is InChI=1S/C25H27IN6O3S/c1-6-32(7-2)15-8-9-27-19(10-15)30-24-23-22(28-13-29-24)16(12-36-23)25(33)31-21-14(3)17(34-4)11-18(35-5)20(21)26/h8-13H,6-7H2,1-5H3,(H,31,33)(H,27,28,29,30). The molecule has 3 aromatic heterocycles. The van der Waals surface area contributed by atoms with E-state index in [0.717, 1.165) is 32.6 Å². The first kappa shape index (κ1) is 25.9. The van der Waals surface area contributed by atoms with Crippen LogP contribution in [-0.2, 0) is 0 Å². The fraction of sp³-hybridized carbons (Fsp3) is 0.280. The van der Waals surface area contributed by atoms with Crippen molar-refractivity contribution in [1.29, 1.82) is 0 Å². The van der Waals surface area contributed by atoms with Crippen LogP contribution < -0.4 is 25.0 Å². The van der Waals surface area contributed by atoms with E-state index in [1.807, 2.05) is 19.1 Å². The van der Waals surface area contributed by atoms with Crippen molar-refractivity contribution in [2.75, 3.05) is 42.8 Å². The van der Waals surface area contributed by atoms with Crippen molar-refractivity contribution in [2.24, 2.45) is 0 Å². The van der Waals surface area contributed by atoms with Gasteiger partial charge >= 0.3 is 0 Å². The Morgan fingerprint density at radius 3 is 2.56 bits per heavy atom. The van der Waals surface area contributed by atoms with Crippen molar-refractivity contribution in [2.45, 2.75) is 20.8 Å². The van der Waals surface area contributed by atoms with Gasteiger partial charge in [-0.2, -0.15) is 0 Å². The maximum absolute atomic E-state index is 13.4. The zero-order valence-electron chi connectivity index (χ0n) is 20.7. The summed E-state index contributed by atoms with van der Waals surface area (Å²) >= 11 is 3.56. The minimum atomic E-state index is -0.274. The van der Waals surface area contributed by atoms with E-state index in [2.05, 4.69) is 66.9 Å². The van der Waals surface area contributed by atoms with Crippen LogP contribution in [0.4, 0.5) is 23.0 Å². The maximum Gasteiger partial charge on any atom is 0.258 e. The summed E-state index contributed by atoms with van der Waals surface area (Å²) in [5.74, 6) is 2.25. The molecule has 0 aliphatic heterocycles. The lowest BCUT2D eigenvalue weighted by atomic mass is 10.1. The van der Waals surface area contributed by atoms with Gasteiger partial charge in [0.2, 0.25) is 0 Å². The SMILES string of the molecule is CCN(CC)c1ccnc(Nc2ncnc3c(C(=O)Nc4c(C)c(OC)cc(OC)c4I)csc23)c1. The summed E-state index contributed by atoms with van der Waals surface area (Å²) in [6, 6.07) is 5.78. The summed E-state index contributed by atoms with van der Waals surface area (Å²) in [5.41, 5.74) is 3.56. The largest absolute Gasteiger partial charge is 0.496 e. The van der Waals surface area contributed by atoms with Gasteiger partial charge in [0, 0.05) is 48.0 Å². The van der Waals surface area contributed by atoms with E-state index in [9.17, 15) is 4.79 Å². The number of pyridine rings is 1. The predicted molar refractivity (Wildman–Crippen MR) is 153 cm³/mol. The Morgan fingerprint density at radius 2 is 1.86 bits per heavy atom. The van der Waals surface area contributed by atoms with Gasteiger partial charge < -0.3 is 25.0 Å². The van der Waals surface area contributed by atoms with Crippen molar-refractivity contribution >= 4 is 73.1 Å². The average molecular weight is 619 g/mol. The van der Waals surface area contributed by atoms with Gasteiger partial charge in [-0.3, -0.25) is 4.79 Å². The lowest BCUT2D eigenvalue weighted by molar-refractivity contribution is 0.102. The number of amides is 1. The smallest absolute Gasteiger partial charge is 0.258 e. The first-order valence-corrected chi connectivity index (χ1v) is 13.3. The molecule has 0 unspecified atom stereocenters. The molecule has 3 heterocycles. The molecule has 0 spiro atoms. The molecule has 0 saturated carbocycles. The van der Waals surface area contributed by atoms with Crippen molar-refractivity contribution in [3.8, 4) is 11.5 Å². The van der Waals surface area contributed by atoms with Gasteiger partial charge in [0.25, 0.3) is 5.91 Å². The number of methoxy groups -OCH3 is 2. The van der Waals surface area contributed by atoms with Crippen LogP contribution in [0, 0.1) is 10.5 Å². The number of anilines is 4. The zero-order chi connectivity index (χ0) is 25.8. The van der Waals surface area contributed by atoms with Gasteiger partial charge in [-0.15, -0.1) is 11.3 Å². The number of benzene rings is 1. The number of fused-ring (bicyclic) bond motifs is 1. The van der Waals surface area contributed by atoms with Crippen molar-refractivity contribution in [3.63, 3.8) is 0 Å². The quantitative estimate of drug-likeness (QED) is 0.225. The van der Waals surface area contributed by atoms with Crippen LogP contribution in [0.5, 0.6) is 11.5 Å². The number of halogens is 1. The Morgan fingerprint density at radius 1 is 1.11 bits per heavy atom. The molecule has 2 N–H and O–H groups in total. The van der Waals surface area contributed by atoms with Crippen LogP contribution in [0.3, 0.4) is 0 Å². The number of nitrogens with zero attached hydrogens (tertiary/aromatic N) is 4. The second-order valence-corrected chi connectivity index (χ2v) is 9.75. The molecule has 4 rings (SSSR count). The summed E-state index contributed by atoms with van der Waals surface area (Å²) < 4.78 is 12.5. The highest BCUT2D eigenvalue weighted by molar-refractivity contribution is 14.1. The Labute approximate surface area is 227 Å². The van der Waals surface area contributed by atoms with Crippen molar-refractivity contribution < 1.29 is 14.3 Å². The molecule has 0 aliphatic carbocycles. The molecular weight excluding hydrogens is 591 g/mol. The van der Waals surface area contributed by atoms with Crippen LogP contribution in [0.15, 0.2) is 36.1 Å². The van der Waals surface area contributed by atoms with E-state index in [1.54, 1.807) is 31.9 Å². The second-order valence-electron chi connectivity index (χ2n) is 7.80. The highest BCUT2D eigenvalue weighted by atomic mass is 127. The normalized spacial score (nSPS) is 10.8. The summed E-state index contributed by atoms with van der Waals surface area (Å²) in [7, 11) is 3.17. The molecule has 0 atom stereocenters.